The Morgan fingerprint density at radius 1 is 1.03 bits per heavy atom. The van der Waals surface area contributed by atoms with Gasteiger partial charge in [-0.05, 0) is 38.2 Å². The molecule has 4 rings (SSSR count). The summed E-state index contributed by atoms with van der Waals surface area (Å²) in [7, 11) is 2.11. The predicted octanol–water partition coefficient (Wildman–Crippen LogP) is 2.89. The standard InChI is InChI=1S/C23H28N8O/c1-4-19-26-22(29-23(28-19)31-13-11-30(3)12-14-31)27-20-15-17(9-10-24-20)21(32)25-18-7-5-16(2)6-8-18/h5-10,15H,4,11-14H2,1-3H3,(H,25,32)(H,24,26,27,28,29). The molecule has 0 aliphatic carbocycles. The Labute approximate surface area is 187 Å². The van der Waals surface area contributed by atoms with Crippen LogP contribution in [0.4, 0.5) is 23.4 Å². The largest absolute Gasteiger partial charge is 0.338 e. The normalized spacial score (nSPS) is 14.3. The number of pyridine rings is 1. The number of nitrogens with one attached hydrogen (secondary N) is 2. The van der Waals surface area contributed by atoms with Crippen molar-refractivity contribution in [1.82, 2.24) is 24.8 Å². The topological polar surface area (TPSA) is 99.2 Å². The van der Waals surface area contributed by atoms with Crippen molar-refractivity contribution in [3.05, 3.63) is 59.5 Å². The first-order chi connectivity index (χ1) is 15.5. The molecule has 1 aliphatic heterocycles. The van der Waals surface area contributed by atoms with Crippen LogP contribution in [0.1, 0.15) is 28.7 Å². The molecular weight excluding hydrogens is 404 g/mol. The first kappa shape index (κ1) is 21.6. The minimum absolute atomic E-state index is 0.206. The Morgan fingerprint density at radius 2 is 1.78 bits per heavy atom. The van der Waals surface area contributed by atoms with Gasteiger partial charge in [0.25, 0.3) is 5.91 Å². The van der Waals surface area contributed by atoms with E-state index in [1.54, 1.807) is 18.3 Å². The summed E-state index contributed by atoms with van der Waals surface area (Å²) in [5.74, 6) is 2.10. The molecule has 1 saturated heterocycles. The third-order valence-electron chi connectivity index (χ3n) is 5.34. The van der Waals surface area contributed by atoms with Crippen molar-refractivity contribution in [3.8, 4) is 0 Å². The average molecular weight is 433 g/mol. The highest BCUT2D eigenvalue weighted by molar-refractivity contribution is 6.04. The van der Waals surface area contributed by atoms with E-state index in [-0.39, 0.29) is 5.91 Å². The van der Waals surface area contributed by atoms with Gasteiger partial charge >= 0.3 is 0 Å². The number of anilines is 4. The van der Waals surface area contributed by atoms with Crippen LogP contribution in [0.3, 0.4) is 0 Å². The van der Waals surface area contributed by atoms with E-state index < -0.39 is 0 Å². The maximum absolute atomic E-state index is 12.7. The van der Waals surface area contributed by atoms with E-state index in [9.17, 15) is 4.79 Å². The molecule has 0 bridgehead atoms. The molecule has 1 aliphatic rings. The quantitative estimate of drug-likeness (QED) is 0.613. The fourth-order valence-electron chi connectivity index (χ4n) is 3.36. The number of hydrogen-bond donors (Lipinski definition) is 2. The van der Waals surface area contributed by atoms with Crippen LogP contribution in [-0.4, -0.2) is 64.0 Å². The van der Waals surface area contributed by atoms with Crippen LogP contribution in [0.25, 0.3) is 0 Å². The molecule has 0 saturated carbocycles. The van der Waals surface area contributed by atoms with Gasteiger partial charge in [0.15, 0.2) is 0 Å². The van der Waals surface area contributed by atoms with Gasteiger partial charge in [0.2, 0.25) is 11.9 Å². The number of likely N-dealkylation sites (N-methyl/N-ethyl adjacent to an activating group) is 1. The number of aryl methyl sites for hydroxylation is 2. The second kappa shape index (κ2) is 9.69. The fraction of sp³-hybridized carbons (Fsp3) is 0.348. The van der Waals surface area contributed by atoms with Crippen molar-refractivity contribution >= 4 is 29.3 Å². The Hall–Kier alpha value is -3.59. The highest BCUT2D eigenvalue weighted by atomic mass is 16.1. The Morgan fingerprint density at radius 3 is 2.50 bits per heavy atom. The van der Waals surface area contributed by atoms with Crippen molar-refractivity contribution in [2.75, 3.05) is 48.8 Å². The van der Waals surface area contributed by atoms with Crippen LogP contribution in [0.5, 0.6) is 0 Å². The number of aromatic nitrogens is 4. The molecule has 1 fully saturated rings. The molecule has 0 radical (unpaired) electrons. The molecule has 0 atom stereocenters. The molecule has 9 heteroatoms. The van der Waals surface area contributed by atoms with Gasteiger partial charge in [-0.3, -0.25) is 4.79 Å². The van der Waals surface area contributed by atoms with E-state index in [2.05, 4.69) is 47.4 Å². The minimum atomic E-state index is -0.206. The second-order valence-electron chi connectivity index (χ2n) is 7.89. The van der Waals surface area contributed by atoms with E-state index in [1.807, 2.05) is 38.1 Å². The van der Waals surface area contributed by atoms with E-state index in [4.69, 9.17) is 0 Å². The SMILES string of the molecule is CCc1nc(Nc2cc(C(=O)Nc3ccc(C)cc3)ccn2)nc(N2CCN(C)CC2)n1. The Bertz CT molecular complexity index is 1080. The average Bonchev–Trinajstić information content (AvgIpc) is 2.81. The number of benzene rings is 1. The van der Waals surface area contributed by atoms with Crippen LogP contribution in [0.2, 0.25) is 0 Å². The van der Waals surface area contributed by atoms with Gasteiger partial charge in [-0.2, -0.15) is 15.0 Å². The van der Waals surface area contributed by atoms with Gasteiger partial charge in [-0.25, -0.2) is 4.98 Å². The fourth-order valence-corrected chi connectivity index (χ4v) is 3.36. The van der Waals surface area contributed by atoms with Crippen molar-refractivity contribution in [2.24, 2.45) is 0 Å². The summed E-state index contributed by atoms with van der Waals surface area (Å²) >= 11 is 0. The summed E-state index contributed by atoms with van der Waals surface area (Å²) in [5, 5.41) is 6.05. The lowest BCUT2D eigenvalue weighted by Gasteiger charge is -2.32. The first-order valence-corrected chi connectivity index (χ1v) is 10.8. The van der Waals surface area contributed by atoms with Gasteiger partial charge in [0.05, 0.1) is 0 Å². The van der Waals surface area contributed by atoms with Gasteiger partial charge in [0, 0.05) is 50.0 Å². The van der Waals surface area contributed by atoms with Crippen molar-refractivity contribution in [2.45, 2.75) is 20.3 Å². The molecule has 3 heterocycles. The molecule has 32 heavy (non-hydrogen) atoms. The molecule has 2 N–H and O–H groups in total. The molecule has 1 amide bonds. The van der Waals surface area contributed by atoms with Crippen LogP contribution in [-0.2, 0) is 6.42 Å². The van der Waals surface area contributed by atoms with Gasteiger partial charge in [-0.15, -0.1) is 0 Å². The number of carbonyl (C=O) groups excluding carboxylic acids is 1. The minimum Gasteiger partial charge on any atom is -0.338 e. The lowest BCUT2D eigenvalue weighted by molar-refractivity contribution is 0.102. The lowest BCUT2D eigenvalue weighted by Crippen LogP contribution is -2.45. The van der Waals surface area contributed by atoms with Gasteiger partial charge in [0.1, 0.15) is 11.6 Å². The van der Waals surface area contributed by atoms with E-state index in [0.29, 0.717) is 35.5 Å². The van der Waals surface area contributed by atoms with Crippen LogP contribution < -0.4 is 15.5 Å². The highest BCUT2D eigenvalue weighted by Gasteiger charge is 2.18. The predicted molar refractivity (Wildman–Crippen MR) is 126 cm³/mol. The first-order valence-electron chi connectivity index (χ1n) is 10.8. The summed E-state index contributed by atoms with van der Waals surface area (Å²) in [4.78, 5) is 35.2. The number of carbonyl (C=O) groups is 1. The number of rotatable bonds is 6. The molecule has 1 aromatic carbocycles. The van der Waals surface area contributed by atoms with Gasteiger partial charge in [-0.1, -0.05) is 24.6 Å². The van der Waals surface area contributed by atoms with Crippen molar-refractivity contribution in [3.63, 3.8) is 0 Å². The Balaban J connectivity index is 1.50. The third kappa shape index (κ3) is 5.36. The number of nitrogens with zero attached hydrogens (tertiary/aromatic N) is 6. The number of amides is 1. The van der Waals surface area contributed by atoms with E-state index in [0.717, 1.165) is 37.4 Å². The smallest absolute Gasteiger partial charge is 0.255 e. The summed E-state index contributed by atoms with van der Waals surface area (Å²) in [5.41, 5.74) is 2.37. The zero-order valence-corrected chi connectivity index (χ0v) is 18.7. The summed E-state index contributed by atoms with van der Waals surface area (Å²) < 4.78 is 0. The summed E-state index contributed by atoms with van der Waals surface area (Å²) in [6, 6.07) is 11.0. The monoisotopic (exact) mass is 432 g/mol. The highest BCUT2D eigenvalue weighted by Crippen LogP contribution is 2.18. The van der Waals surface area contributed by atoms with Crippen molar-refractivity contribution in [1.29, 1.82) is 0 Å². The van der Waals surface area contributed by atoms with Crippen molar-refractivity contribution < 1.29 is 4.79 Å². The second-order valence-corrected chi connectivity index (χ2v) is 7.89. The zero-order valence-electron chi connectivity index (χ0n) is 18.7. The van der Waals surface area contributed by atoms with E-state index >= 15 is 0 Å². The molecule has 166 valence electrons. The maximum atomic E-state index is 12.7. The molecule has 0 spiro atoms. The lowest BCUT2D eigenvalue weighted by atomic mass is 10.2. The third-order valence-corrected chi connectivity index (χ3v) is 5.34. The number of piperazine rings is 1. The molecule has 9 nitrogen and oxygen atoms in total. The van der Waals surface area contributed by atoms with E-state index in [1.165, 1.54) is 0 Å². The molecule has 0 unspecified atom stereocenters. The molecule has 2 aromatic heterocycles. The van der Waals surface area contributed by atoms with Gasteiger partial charge < -0.3 is 20.4 Å². The zero-order chi connectivity index (χ0) is 22.5. The Kier molecular flexibility index (Phi) is 6.55. The molecule has 3 aromatic rings. The van der Waals surface area contributed by atoms with Crippen LogP contribution in [0.15, 0.2) is 42.6 Å². The van der Waals surface area contributed by atoms with Crippen LogP contribution >= 0.6 is 0 Å². The summed E-state index contributed by atoms with van der Waals surface area (Å²) in [6.45, 7) is 7.70. The maximum Gasteiger partial charge on any atom is 0.255 e. The summed E-state index contributed by atoms with van der Waals surface area (Å²) in [6.07, 6.45) is 2.29. The molecular formula is C23H28N8O. The number of hydrogen-bond acceptors (Lipinski definition) is 8. The van der Waals surface area contributed by atoms with Crippen LogP contribution in [0, 0.1) is 6.92 Å².